The van der Waals surface area contributed by atoms with Gasteiger partial charge in [0.15, 0.2) is 0 Å². The highest BCUT2D eigenvalue weighted by Crippen LogP contribution is 2.40. The van der Waals surface area contributed by atoms with Crippen LogP contribution in [-0.4, -0.2) is 6.04 Å². The van der Waals surface area contributed by atoms with E-state index in [9.17, 15) is 0 Å². The SMILES string of the molecule is N[C@@H]1C[C@H]1c1cccs1. The van der Waals surface area contributed by atoms with Crippen LogP contribution in [0, 0.1) is 0 Å². The molecule has 0 saturated heterocycles. The van der Waals surface area contributed by atoms with Crippen LogP contribution in [0.3, 0.4) is 0 Å². The molecular formula is C7H9NS. The minimum atomic E-state index is 0.462. The summed E-state index contributed by atoms with van der Waals surface area (Å²) >= 11 is 1.82. The molecule has 1 aliphatic rings. The molecule has 2 atom stereocenters. The van der Waals surface area contributed by atoms with E-state index in [1.807, 2.05) is 11.3 Å². The lowest BCUT2D eigenvalue weighted by atomic mass is 10.3. The van der Waals surface area contributed by atoms with Crippen molar-refractivity contribution in [2.24, 2.45) is 5.73 Å². The summed E-state index contributed by atoms with van der Waals surface area (Å²) in [6.45, 7) is 0. The summed E-state index contributed by atoms with van der Waals surface area (Å²) in [5, 5.41) is 2.11. The quantitative estimate of drug-likeness (QED) is 0.628. The second kappa shape index (κ2) is 1.82. The van der Waals surface area contributed by atoms with E-state index in [0.717, 1.165) is 0 Å². The van der Waals surface area contributed by atoms with Gasteiger partial charge >= 0.3 is 0 Å². The molecule has 0 unspecified atom stereocenters. The van der Waals surface area contributed by atoms with Crippen molar-refractivity contribution in [2.75, 3.05) is 0 Å². The fourth-order valence-electron chi connectivity index (χ4n) is 1.04. The van der Waals surface area contributed by atoms with E-state index in [1.54, 1.807) is 0 Å². The van der Waals surface area contributed by atoms with Gasteiger partial charge < -0.3 is 5.73 Å². The molecule has 1 fully saturated rings. The van der Waals surface area contributed by atoms with Crippen LogP contribution in [-0.2, 0) is 0 Å². The average molecular weight is 139 g/mol. The maximum atomic E-state index is 5.66. The smallest absolute Gasteiger partial charge is 0.0123 e. The Labute approximate surface area is 58.5 Å². The predicted molar refractivity (Wildman–Crippen MR) is 39.7 cm³/mol. The van der Waals surface area contributed by atoms with E-state index >= 15 is 0 Å². The summed E-state index contributed by atoms with van der Waals surface area (Å²) in [4.78, 5) is 1.46. The first-order chi connectivity index (χ1) is 4.38. The number of rotatable bonds is 1. The average Bonchev–Trinajstić information content (AvgIpc) is 2.44. The lowest BCUT2D eigenvalue weighted by Gasteiger charge is -1.86. The van der Waals surface area contributed by atoms with Crippen molar-refractivity contribution in [3.05, 3.63) is 22.4 Å². The predicted octanol–water partition coefficient (Wildman–Crippen LogP) is 1.56. The topological polar surface area (TPSA) is 26.0 Å². The number of nitrogens with two attached hydrogens (primary N) is 1. The van der Waals surface area contributed by atoms with Crippen LogP contribution in [0.25, 0.3) is 0 Å². The fraction of sp³-hybridized carbons (Fsp3) is 0.429. The molecule has 1 heterocycles. The van der Waals surface area contributed by atoms with Gasteiger partial charge in [-0.15, -0.1) is 11.3 Å². The summed E-state index contributed by atoms with van der Waals surface area (Å²) in [7, 11) is 0. The Kier molecular flexibility index (Phi) is 1.10. The van der Waals surface area contributed by atoms with Crippen LogP contribution < -0.4 is 5.73 Å². The van der Waals surface area contributed by atoms with Crippen LogP contribution in [0.2, 0.25) is 0 Å². The molecule has 9 heavy (non-hydrogen) atoms. The van der Waals surface area contributed by atoms with Gasteiger partial charge in [-0.05, 0) is 17.9 Å². The zero-order valence-electron chi connectivity index (χ0n) is 5.08. The molecule has 1 saturated carbocycles. The van der Waals surface area contributed by atoms with E-state index in [2.05, 4.69) is 17.5 Å². The third-order valence-electron chi connectivity index (χ3n) is 1.75. The second-order valence-electron chi connectivity index (χ2n) is 2.52. The molecule has 0 aromatic carbocycles. The first kappa shape index (κ1) is 5.45. The van der Waals surface area contributed by atoms with E-state index in [4.69, 9.17) is 5.73 Å². The molecule has 0 aliphatic heterocycles. The van der Waals surface area contributed by atoms with E-state index < -0.39 is 0 Å². The summed E-state index contributed by atoms with van der Waals surface area (Å²) < 4.78 is 0. The molecule has 2 heteroatoms. The Hall–Kier alpha value is -0.340. The normalized spacial score (nSPS) is 32.6. The minimum Gasteiger partial charge on any atom is -0.327 e. The van der Waals surface area contributed by atoms with Gasteiger partial charge in [-0.2, -0.15) is 0 Å². The molecule has 2 N–H and O–H groups in total. The van der Waals surface area contributed by atoms with Crippen LogP contribution in [0.4, 0.5) is 0 Å². The monoisotopic (exact) mass is 139 g/mol. The summed E-state index contributed by atoms with van der Waals surface area (Å²) in [6, 6.07) is 4.72. The molecule has 1 aromatic heterocycles. The number of hydrogen-bond donors (Lipinski definition) is 1. The molecule has 0 bridgehead atoms. The molecule has 1 nitrogen and oxygen atoms in total. The van der Waals surface area contributed by atoms with Crippen molar-refractivity contribution in [1.82, 2.24) is 0 Å². The van der Waals surface area contributed by atoms with Crippen LogP contribution >= 0.6 is 11.3 Å². The zero-order chi connectivity index (χ0) is 6.27. The van der Waals surface area contributed by atoms with E-state index in [0.29, 0.717) is 12.0 Å². The third-order valence-corrected chi connectivity index (χ3v) is 2.75. The Balaban J connectivity index is 2.18. The van der Waals surface area contributed by atoms with Gasteiger partial charge in [0.05, 0.1) is 0 Å². The van der Waals surface area contributed by atoms with Crippen molar-refractivity contribution in [3.8, 4) is 0 Å². The van der Waals surface area contributed by atoms with Crippen molar-refractivity contribution < 1.29 is 0 Å². The molecule has 1 aliphatic carbocycles. The standard InChI is InChI=1S/C7H9NS/c8-6-4-5(6)7-2-1-3-9-7/h1-3,5-6H,4,8H2/t5-,6-/m1/s1. The molecule has 1 aromatic rings. The fourth-order valence-corrected chi connectivity index (χ4v) is 1.96. The summed E-state index contributed by atoms with van der Waals surface area (Å²) in [5.74, 6) is 0.699. The Morgan fingerprint density at radius 2 is 2.44 bits per heavy atom. The van der Waals surface area contributed by atoms with Crippen LogP contribution in [0.1, 0.15) is 17.2 Å². The third kappa shape index (κ3) is 0.884. The Morgan fingerprint density at radius 1 is 1.67 bits per heavy atom. The summed E-state index contributed by atoms with van der Waals surface area (Å²) in [6.07, 6.45) is 1.19. The van der Waals surface area contributed by atoms with Crippen LogP contribution in [0.5, 0.6) is 0 Å². The van der Waals surface area contributed by atoms with Crippen molar-refractivity contribution in [3.63, 3.8) is 0 Å². The van der Waals surface area contributed by atoms with Gasteiger partial charge in [-0.3, -0.25) is 0 Å². The van der Waals surface area contributed by atoms with E-state index in [1.165, 1.54) is 11.3 Å². The molecule has 2 rings (SSSR count). The molecule has 48 valence electrons. The van der Waals surface area contributed by atoms with Crippen molar-refractivity contribution in [1.29, 1.82) is 0 Å². The molecule has 0 spiro atoms. The van der Waals surface area contributed by atoms with Gasteiger partial charge in [-0.1, -0.05) is 6.07 Å². The number of hydrogen-bond acceptors (Lipinski definition) is 2. The maximum Gasteiger partial charge on any atom is 0.0123 e. The van der Waals surface area contributed by atoms with Gasteiger partial charge in [0, 0.05) is 16.8 Å². The number of thiophene rings is 1. The molecule has 0 amide bonds. The Morgan fingerprint density at radius 3 is 2.89 bits per heavy atom. The highest BCUT2D eigenvalue weighted by Gasteiger charge is 2.35. The zero-order valence-corrected chi connectivity index (χ0v) is 5.90. The van der Waals surface area contributed by atoms with Crippen molar-refractivity contribution >= 4 is 11.3 Å². The minimum absolute atomic E-state index is 0.462. The largest absolute Gasteiger partial charge is 0.327 e. The second-order valence-corrected chi connectivity index (χ2v) is 3.50. The Bertz CT molecular complexity index is 193. The van der Waals surface area contributed by atoms with Gasteiger partial charge in [0.2, 0.25) is 0 Å². The van der Waals surface area contributed by atoms with Gasteiger partial charge in [0.1, 0.15) is 0 Å². The van der Waals surface area contributed by atoms with Gasteiger partial charge in [0.25, 0.3) is 0 Å². The lowest BCUT2D eigenvalue weighted by molar-refractivity contribution is 1.01. The van der Waals surface area contributed by atoms with Crippen molar-refractivity contribution in [2.45, 2.75) is 18.4 Å². The lowest BCUT2D eigenvalue weighted by Crippen LogP contribution is -1.99. The van der Waals surface area contributed by atoms with Crippen LogP contribution in [0.15, 0.2) is 17.5 Å². The first-order valence-electron chi connectivity index (χ1n) is 3.17. The highest BCUT2D eigenvalue weighted by molar-refractivity contribution is 7.10. The molecular weight excluding hydrogens is 130 g/mol. The molecule has 0 radical (unpaired) electrons. The van der Waals surface area contributed by atoms with E-state index in [-0.39, 0.29) is 0 Å². The summed E-state index contributed by atoms with van der Waals surface area (Å²) in [5.41, 5.74) is 5.66. The maximum absolute atomic E-state index is 5.66. The first-order valence-corrected chi connectivity index (χ1v) is 4.05. The van der Waals surface area contributed by atoms with Gasteiger partial charge in [-0.25, -0.2) is 0 Å². The highest BCUT2D eigenvalue weighted by atomic mass is 32.1.